The predicted molar refractivity (Wildman–Crippen MR) is 91.4 cm³/mol. The number of hydrogen-bond acceptors (Lipinski definition) is 5. The van der Waals surface area contributed by atoms with Crippen LogP contribution in [0.25, 0.3) is 0 Å². The number of ether oxygens (including phenoxy) is 1. The first-order chi connectivity index (χ1) is 11.0. The van der Waals surface area contributed by atoms with Gasteiger partial charge in [-0.1, -0.05) is 6.07 Å². The number of nitrogens with one attached hydrogen (secondary N) is 3. The Labute approximate surface area is 148 Å². The van der Waals surface area contributed by atoms with Crippen LogP contribution in [0.5, 0.6) is 0 Å². The van der Waals surface area contributed by atoms with Crippen LogP contribution in [0.3, 0.4) is 0 Å². The first-order valence-electron chi connectivity index (χ1n) is 7.74. The average molecular weight is 376 g/mol. The Morgan fingerprint density at radius 3 is 2.83 bits per heavy atom. The number of sulfonamides is 1. The molecule has 1 unspecified atom stereocenters. The van der Waals surface area contributed by atoms with E-state index in [0.717, 1.165) is 30.5 Å². The van der Waals surface area contributed by atoms with Gasteiger partial charge in [0, 0.05) is 12.6 Å². The van der Waals surface area contributed by atoms with E-state index in [1.807, 2.05) is 0 Å². The molecular formula is C15H22ClN3O4S. The molecule has 7 nitrogen and oxygen atoms in total. The molecular weight excluding hydrogens is 354 g/mol. The standard InChI is InChI=1S/C15H21N3O4S.ClH/c19-15(17-7-13-2-1-5-16-13)8-18-23(20,21)14-4-3-11-9-22-10-12(11)6-14;/h3-4,6,13,16,18H,1-2,5,7-10H2,(H,17,19);1H. The van der Waals surface area contributed by atoms with Crippen molar-refractivity contribution in [3.05, 3.63) is 29.3 Å². The Morgan fingerprint density at radius 2 is 2.08 bits per heavy atom. The molecule has 3 rings (SSSR count). The smallest absolute Gasteiger partial charge is 0.241 e. The van der Waals surface area contributed by atoms with Crippen molar-refractivity contribution in [1.29, 1.82) is 0 Å². The van der Waals surface area contributed by atoms with Crippen LogP contribution < -0.4 is 15.4 Å². The quantitative estimate of drug-likeness (QED) is 0.664. The summed E-state index contributed by atoms with van der Waals surface area (Å²) in [7, 11) is -3.70. The summed E-state index contributed by atoms with van der Waals surface area (Å²) >= 11 is 0. The fourth-order valence-electron chi connectivity index (χ4n) is 2.79. The van der Waals surface area contributed by atoms with E-state index in [1.165, 1.54) is 6.07 Å². The minimum atomic E-state index is -3.70. The van der Waals surface area contributed by atoms with Crippen molar-refractivity contribution in [1.82, 2.24) is 15.4 Å². The molecule has 1 saturated heterocycles. The van der Waals surface area contributed by atoms with E-state index in [4.69, 9.17) is 4.74 Å². The van der Waals surface area contributed by atoms with Crippen LogP contribution in [0.1, 0.15) is 24.0 Å². The summed E-state index contributed by atoms with van der Waals surface area (Å²) in [4.78, 5) is 11.9. The zero-order valence-corrected chi connectivity index (χ0v) is 14.8. The normalized spacial score (nSPS) is 19.6. The van der Waals surface area contributed by atoms with Gasteiger partial charge in [-0.05, 0) is 42.6 Å². The third kappa shape index (κ3) is 4.67. The molecule has 0 bridgehead atoms. The summed E-state index contributed by atoms with van der Waals surface area (Å²) in [6, 6.07) is 5.18. The van der Waals surface area contributed by atoms with Crippen LogP contribution in [0.2, 0.25) is 0 Å². The molecule has 1 amide bonds. The number of rotatable bonds is 6. The Morgan fingerprint density at radius 1 is 1.29 bits per heavy atom. The van der Waals surface area contributed by atoms with Crippen LogP contribution in [0.15, 0.2) is 23.1 Å². The van der Waals surface area contributed by atoms with Crippen molar-refractivity contribution in [2.24, 2.45) is 0 Å². The first-order valence-corrected chi connectivity index (χ1v) is 9.22. The number of hydrogen-bond donors (Lipinski definition) is 3. The van der Waals surface area contributed by atoms with Gasteiger partial charge >= 0.3 is 0 Å². The monoisotopic (exact) mass is 375 g/mol. The molecule has 3 N–H and O–H groups in total. The van der Waals surface area contributed by atoms with Gasteiger partial charge in [0.15, 0.2) is 0 Å². The van der Waals surface area contributed by atoms with E-state index < -0.39 is 10.0 Å². The van der Waals surface area contributed by atoms with E-state index in [1.54, 1.807) is 12.1 Å². The van der Waals surface area contributed by atoms with E-state index in [0.29, 0.717) is 19.8 Å². The van der Waals surface area contributed by atoms with Crippen molar-refractivity contribution >= 4 is 28.3 Å². The summed E-state index contributed by atoms with van der Waals surface area (Å²) in [5.74, 6) is -0.327. The van der Waals surface area contributed by atoms with Crippen molar-refractivity contribution in [2.75, 3.05) is 19.6 Å². The Balaban J connectivity index is 0.00000208. The van der Waals surface area contributed by atoms with E-state index in [9.17, 15) is 13.2 Å². The lowest BCUT2D eigenvalue weighted by Crippen LogP contribution is -2.42. The van der Waals surface area contributed by atoms with Crippen molar-refractivity contribution in [2.45, 2.75) is 37.0 Å². The van der Waals surface area contributed by atoms with Gasteiger partial charge in [0.1, 0.15) is 0 Å². The highest BCUT2D eigenvalue weighted by atomic mass is 35.5. The third-order valence-corrected chi connectivity index (χ3v) is 5.53. The SMILES string of the molecule is Cl.O=C(CNS(=O)(=O)c1ccc2c(c1)COC2)NCC1CCCN1. The van der Waals surface area contributed by atoms with Crippen LogP contribution >= 0.6 is 12.4 Å². The summed E-state index contributed by atoms with van der Waals surface area (Å²) in [5, 5.41) is 6.01. The second kappa shape index (κ2) is 8.26. The van der Waals surface area contributed by atoms with E-state index in [-0.39, 0.29) is 35.8 Å². The maximum Gasteiger partial charge on any atom is 0.241 e. The average Bonchev–Trinajstić information content (AvgIpc) is 3.21. The molecule has 134 valence electrons. The summed E-state index contributed by atoms with van der Waals surface area (Å²) in [6.45, 7) is 2.17. The topological polar surface area (TPSA) is 96.5 Å². The maximum atomic E-state index is 12.3. The molecule has 0 radical (unpaired) electrons. The minimum Gasteiger partial charge on any atom is -0.372 e. The number of carbonyl (C=O) groups excluding carboxylic acids is 1. The number of halogens is 1. The molecule has 24 heavy (non-hydrogen) atoms. The van der Waals surface area contributed by atoms with E-state index >= 15 is 0 Å². The second-order valence-corrected chi connectivity index (χ2v) is 7.61. The Bertz CT molecular complexity index is 690. The molecule has 0 spiro atoms. The molecule has 0 aliphatic carbocycles. The molecule has 2 heterocycles. The molecule has 1 atom stereocenters. The number of benzene rings is 1. The third-order valence-electron chi connectivity index (χ3n) is 4.13. The fraction of sp³-hybridized carbons (Fsp3) is 0.533. The lowest BCUT2D eigenvalue weighted by Gasteiger charge is -2.12. The van der Waals surface area contributed by atoms with Crippen LogP contribution in [0, 0.1) is 0 Å². The molecule has 0 aromatic heterocycles. The highest BCUT2D eigenvalue weighted by Crippen LogP contribution is 2.22. The largest absolute Gasteiger partial charge is 0.372 e. The van der Waals surface area contributed by atoms with Gasteiger partial charge in [0.2, 0.25) is 15.9 Å². The van der Waals surface area contributed by atoms with Crippen molar-refractivity contribution in [3.8, 4) is 0 Å². The van der Waals surface area contributed by atoms with Gasteiger partial charge in [-0.2, -0.15) is 0 Å². The van der Waals surface area contributed by atoms with Gasteiger partial charge < -0.3 is 15.4 Å². The second-order valence-electron chi connectivity index (χ2n) is 5.85. The van der Waals surface area contributed by atoms with Crippen LogP contribution in [-0.2, 0) is 32.8 Å². The molecule has 1 aromatic rings. The van der Waals surface area contributed by atoms with E-state index in [2.05, 4.69) is 15.4 Å². The Kier molecular flexibility index (Phi) is 6.59. The lowest BCUT2D eigenvalue weighted by atomic mass is 10.1. The van der Waals surface area contributed by atoms with Crippen molar-refractivity contribution in [3.63, 3.8) is 0 Å². The van der Waals surface area contributed by atoms with Gasteiger partial charge in [0.05, 0.1) is 24.7 Å². The molecule has 1 aromatic carbocycles. The number of carbonyl (C=O) groups is 1. The zero-order valence-electron chi connectivity index (χ0n) is 13.2. The molecule has 0 saturated carbocycles. The van der Waals surface area contributed by atoms with Gasteiger partial charge in [-0.3, -0.25) is 4.79 Å². The molecule has 9 heteroatoms. The van der Waals surface area contributed by atoms with Gasteiger partial charge in [-0.25, -0.2) is 13.1 Å². The summed E-state index contributed by atoms with van der Waals surface area (Å²) in [6.07, 6.45) is 2.14. The summed E-state index contributed by atoms with van der Waals surface area (Å²) < 4.78 is 32.1. The van der Waals surface area contributed by atoms with Gasteiger partial charge in [-0.15, -0.1) is 12.4 Å². The Hall–Kier alpha value is -1.19. The summed E-state index contributed by atoms with van der Waals surface area (Å²) in [5.41, 5.74) is 1.88. The molecule has 2 aliphatic rings. The zero-order chi connectivity index (χ0) is 16.3. The lowest BCUT2D eigenvalue weighted by molar-refractivity contribution is -0.120. The highest BCUT2D eigenvalue weighted by molar-refractivity contribution is 7.89. The highest BCUT2D eigenvalue weighted by Gasteiger charge is 2.20. The minimum absolute atomic E-state index is 0. The fourth-order valence-corrected chi connectivity index (χ4v) is 3.82. The van der Waals surface area contributed by atoms with Crippen LogP contribution in [0.4, 0.5) is 0 Å². The number of fused-ring (bicyclic) bond motifs is 1. The predicted octanol–water partition coefficient (Wildman–Crippen LogP) is 0.285. The molecule has 1 fully saturated rings. The van der Waals surface area contributed by atoms with Crippen LogP contribution in [-0.4, -0.2) is 40.0 Å². The number of amides is 1. The maximum absolute atomic E-state index is 12.3. The first kappa shape index (κ1) is 19.1. The van der Waals surface area contributed by atoms with Crippen molar-refractivity contribution < 1.29 is 17.9 Å². The molecule has 2 aliphatic heterocycles. The van der Waals surface area contributed by atoms with Gasteiger partial charge in [0.25, 0.3) is 0 Å².